The van der Waals surface area contributed by atoms with Crippen LogP contribution in [0, 0.1) is 27.7 Å². The summed E-state index contributed by atoms with van der Waals surface area (Å²) in [7, 11) is 0. The molecule has 2 heteroatoms. The van der Waals surface area contributed by atoms with Crippen molar-refractivity contribution in [3.8, 4) is 5.75 Å². The highest BCUT2D eigenvalue weighted by Crippen LogP contribution is 2.23. The standard InChI is InChI=1S/C19H25NO/c1-13-9-14(2)11-18(10-13)20-12-17(5)21-19-15(3)7-6-8-16(19)4/h6-11,17,20H,12H2,1-5H3. The molecule has 0 radical (unpaired) electrons. The fourth-order valence-corrected chi connectivity index (χ4v) is 2.57. The first-order chi connectivity index (χ1) is 9.95. The Balaban J connectivity index is 1.97. The summed E-state index contributed by atoms with van der Waals surface area (Å²) in [5.74, 6) is 1.01. The number of anilines is 1. The van der Waals surface area contributed by atoms with Gasteiger partial charge < -0.3 is 10.1 Å². The Morgan fingerprint density at radius 3 is 2.10 bits per heavy atom. The predicted octanol–water partition coefficient (Wildman–Crippen LogP) is 4.80. The van der Waals surface area contributed by atoms with Crippen LogP contribution in [0.1, 0.15) is 29.2 Å². The number of hydrogen-bond donors (Lipinski definition) is 1. The predicted molar refractivity (Wildman–Crippen MR) is 90.4 cm³/mol. The van der Waals surface area contributed by atoms with Gasteiger partial charge in [-0.1, -0.05) is 24.3 Å². The number of ether oxygens (including phenoxy) is 1. The van der Waals surface area contributed by atoms with Gasteiger partial charge in [-0.05, 0) is 69.0 Å². The molecule has 0 heterocycles. The van der Waals surface area contributed by atoms with E-state index in [9.17, 15) is 0 Å². The maximum atomic E-state index is 6.10. The van der Waals surface area contributed by atoms with Crippen molar-refractivity contribution in [1.82, 2.24) is 0 Å². The minimum absolute atomic E-state index is 0.116. The summed E-state index contributed by atoms with van der Waals surface area (Å²) in [5.41, 5.74) is 6.09. The van der Waals surface area contributed by atoms with Gasteiger partial charge in [-0.15, -0.1) is 0 Å². The molecule has 2 rings (SSSR count). The minimum Gasteiger partial charge on any atom is -0.488 e. The smallest absolute Gasteiger partial charge is 0.125 e. The van der Waals surface area contributed by atoms with Gasteiger partial charge in [0.2, 0.25) is 0 Å². The SMILES string of the molecule is Cc1cc(C)cc(NCC(C)Oc2c(C)cccc2C)c1. The molecule has 0 fully saturated rings. The second kappa shape index (κ2) is 6.66. The Morgan fingerprint density at radius 2 is 1.52 bits per heavy atom. The van der Waals surface area contributed by atoms with Crippen molar-refractivity contribution >= 4 is 5.69 Å². The molecule has 0 amide bonds. The quantitative estimate of drug-likeness (QED) is 0.851. The van der Waals surface area contributed by atoms with Gasteiger partial charge in [0.25, 0.3) is 0 Å². The number of hydrogen-bond acceptors (Lipinski definition) is 2. The molecule has 0 aromatic heterocycles. The van der Waals surface area contributed by atoms with E-state index in [-0.39, 0.29) is 6.10 Å². The van der Waals surface area contributed by atoms with Gasteiger partial charge in [0.1, 0.15) is 11.9 Å². The third kappa shape index (κ3) is 4.25. The van der Waals surface area contributed by atoms with Gasteiger partial charge in [-0.3, -0.25) is 0 Å². The molecule has 1 unspecified atom stereocenters. The van der Waals surface area contributed by atoms with Crippen LogP contribution in [0.3, 0.4) is 0 Å². The molecular formula is C19H25NO. The van der Waals surface area contributed by atoms with Crippen molar-refractivity contribution in [1.29, 1.82) is 0 Å². The Bertz CT molecular complexity index is 578. The summed E-state index contributed by atoms with van der Waals surface area (Å²) in [6.07, 6.45) is 0.116. The van der Waals surface area contributed by atoms with E-state index in [1.807, 2.05) is 0 Å². The zero-order valence-electron chi connectivity index (χ0n) is 13.7. The minimum atomic E-state index is 0.116. The molecule has 2 aromatic rings. The molecule has 1 N–H and O–H groups in total. The van der Waals surface area contributed by atoms with E-state index >= 15 is 0 Å². The van der Waals surface area contributed by atoms with Crippen LogP contribution in [0.5, 0.6) is 5.75 Å². The maximum absolute atomic E-state index is 6.10. The lowest BCUT2D eigenvalue weighted by Gasteiger charge is -2.19. The Hall–Kier alpha value is -1.96. The van der Waals surface area contributed by atoms with Crippen LogP contribution in [0.2, 0.25) is 0 Å². The lowest BCUT2D eigenvalue weighted by molar-refractivity contribution is 0.231. The van der Waals surface area contributed by atoms with Crippen LogP contribution >= 0.6 is 0 Å². The average molecular weight is 283 g/mol. The van der Waals surface area contributed by atoms with E-state index in [1.54, 1.807) is 0 Å². The van der Waals surface area contributed by atoms with Crippen LogP contribution in [0.25, 0.3) is 0 Å². The van der Waals surface area contributed by atoms with Crippen molar-refractivity contribution < 1.29 is 4.74 Å². The number of nitrogens with one attached hydrogen (secondary N) is 1. The van der Waals surface area contributed by atoms with E-state index < -0.39 is 0 Å². The van der Waals surface area contributed by atoms with E-state index in [0.717, 1.165) is 18.0 Å². The van der Waals surface area contributed by atoms with Gasteiger partial charge >= 0.3 is 0 Å². The number of benzene rings is 2. The maximum Gasteiger partial charge on any atom is 0.125 e. The second-order valence-corrected chi connectivity index (χ2v) is 5.91. The largest absolute Gasteiger partial charge is 0.488 e. The molecule has 1 atom stereocenters. The van der Waals surface area contributed by atoms with Gasteiger partial charge in [-0.25, -0.2) is 0 Å². The summed E-state index contributed by atoms with van der Waals surface area (Å²) < 4.78 is 6.10. The number of para-hydroxylation sites is 1. The molecule has 0 saturated heterocycles. The average Bonchev–Trinajstić information content (AvgIpc) is 2.40. The molecule has 0 aliphatic carbocycles. The third-order valence-electron chi connectivity index (χ3n) is 3.54. The van der Waals surface area contributed by atoms with Crippen LogP contribution in [-0.2, 0) is 0 Å². The van der Waals surface area contributed by atoms with Crippen LogP contribution in [0.15, 0.2) is 36.4 Å². The molecule has 0 saturated carbocycles. The molecule has 2 aromatic carbocycles. The monoisotopic (exact) mass is 283 g/mol. The van der Waals surface area contributed by atoms with Crippen molar-refractivity contribution in [3.05, 3.63) is 58.7 Å². The first kappa shape index (κ1) is 15.4. The molecule has 0 aliphatic heterocycles. The van der Waals surface area contributed by atoms with Crippen molar-refractivity contribution in [2.24, 2.45) is 0 Å². The topological polar surface area (TPSA) is 21.3 Å². The fraction of sp³-hybridized carbons (Fsp3) is 0.368. The van der Waals surface area contributed by atoms with Gasteiger partial charge in [0.15, 0.2) is 0 Å². The molecule has 112 valence electrons. The van der Waals surface area contributed by atoms with Crippen LogP contribution in [0.4, 0.5) is 5.69 Å². The van der Waals surface area contributed by atoms with Crippen LogP contribution < -0.4 is 10.1 Å². The Morgan fingerprint density at radius 1 is 0.952 bits per heavy atom. The number of rotatable bonds is 5. The highest BCUT2D eigenvalue weighted by Gasteiger charge is 2.09. The highest BCUT2D eigenvalue weighted by atomic mass is 16.5. The zero-order chi connectivity index (χ0) is 15.4. The molecule has 2 nitrogen and oxygen atoms in total. The highest BCUT2D eigenvalue weighted by molar-refractivity contribution is 5.48. The third-order valence-corrected chi connectivity index (χ3v) is 3.54. The lowest BCUT2D eigenvalue weighted by atomic mass is 10.1. The van der Waals surface area contributed by atoms with E-state index in [4.69, 9.17) is 4.74 Å². The number of aryl methyl sites for hydroxylation is 4. The first-order valence-electron chi connectivity index (χ1n) is 7.51. The van der Waals surface area contributed by atoms with Crippen LogP contribution in [-0.4, -0.2) is 12.6 Å². The van der Waals surface area contributed by atoms with Gasteiger partial charge in [0, 0.05) is 5.69 Å². The Kier molecular flexibility index (Phi) is 4.89. The molecule has 0 aliphatic rings. The zero-order valence-corrected chi connectivity index (χ0v) is 13.7. The Labute approximate surface area is 128 Å². The summed E-state index contributed by atoms with van der Waals surface area (Å²) in [6.45, 7) is 11.3. The van der Waals surface area contributed by atoms with Gasteiger partial charge in [-0.2, -0.15) is 0 Å². The normalized spacial score (nSPS) is 12.0. The summed E-state index contributed by atoms with van der Waals surface area (Å²) in [6, 6.07) is 12.8. The van der Waals surface area contributed by atoms with E-state index in [2.05, 4.69) is 76.3 Å². The second-order valence-electron chi connectivity index (χ2n) is 5.91. The van der Waals surface area contributed by atoms with Gasteiger partial charge in [0.05, 0.1) is 6.54 Å². The molecular weight excluding hydrogens is 258 g/mol. The summed E-state index contributed by atoms with van der Waals surface area (Å²) in [5, 5.41) is 3.46. The van der Waals surface area contributed by atoms with E-state index in [1.165, 1.54) is 22.3 Å². The molecule has 0 bridgehead atoms. The molecule has 0 spiro atoms. The summed E-state index contributed by atoms with van der Waals surface area (Å²) >= 11 is 0. The first-order valence-corrected chi connectivity index (χ1v) is 7.51. The molecule has 21 heavy (non-hydrogen) atoms. The summed E-state index contributed by atoms with van der Waals surface area (Å²) in [4.78, 5) is 0. The van der Waals surface area contributed by atoms with Crippen molar-refractivity contribution in [3.63, 3.8) is 0 Å². The fourth-order valence-electron chi connectivity index (χ4n) is 2.57. The lowest BCUT2D eigenvalue weighted by Crippen LogP contribution is -2.23. The van der Waals surface area contributed by atoms with Crippen molar-refractivity contribution in [2.75, 3.05) is 11.9 Å². The van der Waals surface area contributed by atoms with E-state index in [0.29, 0.717) is 0 Å². The van der Waals surface area contributed by atoms with Crippen molar-refractivity contribution in [2.45, 2.75) is 40.7 Å².